The van der Waals surface area contributed by atoms with Gasteiger partial charge in [-0.25, -0.2) is 8.78 Å². The lowest BCUT2D eigenvalue weighted by Crippen LogP contribution is -1.99. The molecular weight excluding hydrogens is 232 g/mol. The summed E-state index contributed by atoms with van der Waals surface area (Å²) in [5.41, 5.74) is 1.35. The minimum absolute atomic E-state index is 0.310. The molecule has 0 aliphatic carbocycles. The molecule has 0 bridgehead atoms. The number of hydrogen-bond donors (Lipinski definition) is 2. The van der Waals surface area contributed by atoms with Crippen LogP contribution in [0.2, 0.25) is 0 Å². The molecule has 2 N–H and O–H groups in total. The van der Waals surface area contributed by atoms with E-state index in [0.29, 0.717) is 12.1 Å². The molecule has 0 spiro atoms. The highest BCUT2D eigenvalue weighted by molar-refractivity contribution is 7.08. The third kappa shape index (κ3) is 2.30. The second-order valence-electron chi connectivity index (χ2n) is 3.27. The van der Waals surface area contributed by atoms with Crippen LogP contribution in [0.4, 0.5) is 14.5 Å². The van der Waals surface area contributed by atoms with E-state index >= 15 is 0 Å². The molecular formula is C11H9F2NOS. The normalized spacial score (nSPS) is 10.4. The molecule has 0 radical (unpaired) electrons. The minimum Gasteiger partial charge on any atom is -0.503 e. The van der Waals surface area contributed by atoms with Crippen LogP contribution in [0.1, 0.15) is 5.56 Å². The topological polar surface area (TPSA) is 32.3 Å². The lowest BCUT2D eigenvalue weighted by atomic mass is 10.2. The number of benzene rings is 1. The van der Waals surface area contributed by atoms with Crippen LogP contribution in [0.5, 0.6) is 5.75 Å². The number of phenols is 1. The SMILES string of the molecule is Oc1c(F)cc(CNc2ccsc2)cc1F. The monoisotopic (exact) mass is 241 g/mol. The van der Waals surface area contributed by atoms with Gasteiger partial charge in [-0.3, -0.25) is 0 Å². The summed E-state index contributed by atoms with van der Waals surface area (Å²) >= 11 is 1.53. The first-order chi connectivity index (χ1) is 7.66. The third-order valence-corrected chi connectivity index (χ3v) is 2.78. The Balaban J connectivity index is 2.10. The Bertz CT molecular complexity index is 462. The Kier molecular flexibility index (Phi) is 3.05. The number of hydrogen-bond acceptors (Lipinski definition) is 3. The Hall–Kier alpha value is -1.62. The zero-order valence-electron chi connectivity index (χ0n) is 8.21. The van der Waals surface area contributed by atoms with E-state index in [2.05, 4.69) is 5.32 Å². The fourth-order valence-electron chi connectivity index (χ4n) is 1.29. The first kappa shape index (κ1) is 10.9. The van der Waals surface area contributed by atoms with Crippen molar-refractivity contribution in [2.75, 3.05) is 5.32 Å². The summed E-state index contributed by atoms with van der Waals surface area (Å²) in [7, 11) is 0. The van der Waals surface area contributed by atoms with Crippen LogP contribution >= 0.6 is 11.3 Å². The predicted molar refractivity (Wildman–Crippen MR) is 59.7 cm³/mol. The van der Waals surface area contributed by atoms with E-state index < -0.39 is 17.4 Å². The van der Waals surface area contributed by atoms with Crippen LogP contribution in [0.3, 0.4) is 0 Å². The van der Waals surface area contributed by atoms with Crippen LogP contribution in [-0.2, 0) is 6.54 Å². The van der Waals surface area contributed by atoms with Gasteiger partial charge in [-0.05, 0) is 29.1 Å². The lowest BCUT2D eigenvalue weighted by molar-refractivity contribution is 0.395. The summed E-state index contributed by atoms with van der Waals surface area (Å²) in [4.78, 5) is 0. The smallest absolute Gasteiger partial charge is 0.187 e. The molecule has 0 aliphatic heterocycles. The summed E-state index contributed by atoms with van der Waals surface area (Å²) in [6, 6.07) is 4.09. The summed E-state index contributed by atoms with van der Waals surface area (Å²) in [5, 5.41) is 15.7. The molecule has 1 heterocycles. The first-order valence-electron chi connectivity index (χ1n) is 4.60. The van der Waals surface area contributed by atoms with Gasteiger partial charge < -0.3 is 10.4 Å². The zero-order chi connectivity index (χ0) is 11.5. The molecule has 0 unspecified atom stereocenters. The maximum Gasteiger partial charge on any atom is 0.187 e. The number of thiophene rings is 1. The number of halogens is 2. The van der Waals surface area contributed by atoms with E-state index in [1.54, 1.807) is 0 Å². The Morgan fingerprint density at radius 3 is 2.50 bits per heavy atom. The van der Waals surface area contributed by atoms with Crippen molar-refractivity contribution in [3.63, 3.8) is 0 Å². The fourth-order valence-corrected chi connectivity index (χ4v) is 1.90. The maximum atomic E-state index is 13.0. The highest BCUT2D eigenvalue weighted by Gasteiger charge is 2.09. The number of nitrogens with one attached hydrogen (secondary N) is 1. The molecule has 1 aromatic carbocycles. The van der Waals surface area contributed by atoms with E-state index in [1.165, 1.54) is 11.3 Å². The van der Waals surface area contributed by atoms with Gasteiger partial charge in [-0.1, -0.05) is 0 Å². The molecule has 1 aromatic heterocycles. The van der Waals surface area contributed by atoms with Gasteiger partial charge in [0.05, 0.1) is 0 Å². The van der Waals surface area contributed by atoms with Crippen molar-refractivity contribution in [1.82, 2.24) is 0 Å². The Morgan fingerprint density at radius 2 is 1.94 bits per heavy atom. The van der Waals surface area contributed by atoms with Crippen LogP contribution < -0.4 is 5.32 Å². The van der Waals surface area contributed by atoms with Gasteiger partial charge in [0, 0.05) is 17.6 Å². The van der Waals surface area contributed by atoms with Crippen molar-refractivity contribution in [3.05, 3.63) is 46.2 Å². The average molecular weight is 241 g/mol. The molecule has 5 heteroatoms. The summed E-state index contributed by atoms with van der Waals surface area (Å²) in [6.07, 6.45) is 0. The zero-order valence-corrected chi connectivity index (χ0v) is 9.02. The van der Waals surface area contributed by atoms with Gasteiger partial charge >= 0.3 is 0 Å². The van der Waals surface area contributed by atoms with Crippen LogP contribution in [0.25, 0.3) is 0 Å². The standard InChI is InChI=1S/C11H9F2NOS/c12-9-3-7(4-10(13)11(9)15)5-14-8-1-2-16-6-8/h1-4,6,14-15H,5H2. The quantitative estimate of drug-likeness (QED) is 0.863. The molecule has 0 aliphatic rings. The van der Waals surface area contributed by atoms with E-state index in [-0.39, 0.29) is 0 Å². The number of phenolic OH excluding ortho intramolecular Hbond substituents is 1. The van der Waals surface area contributed by atoms with Crippen molar-refractivity contribution < 1.29 is 13.9 Å². The molecule has 84 valence electrons. The maximum absolute atomic E-state index is 13.0. The summed E-state index contributed by atoms with van der Waals surface area (Å²) in [6.45, 7) is 0.310. The average Bonchev–Trinajstić information content (AvgIpc) is 2.75. The van der Waals surface area contributed by atoms with E-state index in [9.17, 15) is 8.78 Å². The highest BCUT2D eigenvalue weighted by Crippen LogP contribution is 2.22. The molecule has 2 aromatic rings. The van der Waals surface area contributed by atoms with Gasteiger partial charge in [-0.2, -0.15) is 11.3 Å². The fraction of sp³-hybridized carbons (Fsp3) is 0.0909. The largest absolute Gasteiger partial charge is 0.503 e. The van der Waals surface area contributed by atoms with Crippen LogP contribution in [0.15, 0.2) is 29.0 Å². The van der Waals surface area contributed by atoms with Gasteiger partial charge in [0.15, 0.2) is 17.4 Å². The summed E-state index contributed by atoms with van der Waals surface area (Å²) in [5.74, 6) is -2.82. The van der Waals surface area contributed by atoms with Crippen LogP contribution in [0, 0.1) is 11.6 Å². The lowest BCUT2D eigenvalue weighted by Gasteiger charge is -2.05. The Labute approximate surface area is 95.2 Å². The van der Waals surface area contributed by atoms with Gasteiger partial charge in [-0.15, -0.1) is 0 Å². The van der Waals surface area contributed by atoms with E-state index in [4.69, 9.17) is 5.11 Å². The second kappa shape index (κ2) is 4.49. The van der Waals surface area contributed by atoms with E-state index in [0.717, 1.165) is 17.8 Å². The molecule has 0 fully saturated rings. The molecule has 0 saturated heterocycles. The molecule has 0 atom stereocenters. The summed E-state index contributed by atoms with van der Waals surface area (Å²) < 4.78 is 26.0. The van der Waals surface area contributed by atoms with Crippen molar-refractivity contribution in [1.29, 1.82) is 0 Å². The van der Waals surface area contributed by atoms with E-state index in [1.807, 2.05) is 16.8 Å². The van der Waals surface area contributed by atoms with Crippen molar-refractivity contribution in [3.8, 4) is 5.75 Å². The Morgan fingerprint density at radius 1 is 1.25 bits per heavy atom. The van der Waals surface area contributed by atoms with Crippen molar-refractivity contribution in [2.24, 2.45) is 0 Å². The molecule has 2 rings (SSSR count). The number of anilines is 1. The van der Waals surface area contributed by atoms with Crippen molar-refractivity contribution in [2.45, 2.75) is 6.54 Å². The molecule has 0 amide bonds. The minimum atomic E-state index is -0.942. The van der Waals surface area contributed by atoms with Crippen molar-refractivity contribution >= 4 is 17.0 Å². The molecule has 16 heavy (non-hydrogen) atoms. The second-order valence-corrected chi connectivity index (χ2v) is 4.05. The number of rotatable bonds is 3. The number of aromatic hydroxyl groups is 1. The van der Waals surface area contributed by atoms with Gasteiger partial charge in [0.25, 0.3) is 0 Å². The highest BCUT2D eigenvalue weighted by atomic mass is 32.1. The molecule has 2 nitrogen and oxygen atoms in total. The van der Waals surface area contributed by atoms with Crippen LogP contribution in [-0.4, -0.2) is 5.11 Å². The first-order valence-corrected chi connectivity index (χ1v) is 5.54. The van der Waals surface area contributed by atoms with Gasteiger partial charge in [0.2, 0.25) is 0 Å². The predicted octanol–water partition coefficient (Wildman–Crippen LogP) is 3.34. The molecule has 0 saturated carbocycles. The third-order valence-electron chi connectivity index (χ3n) is 2.09. The van der Waals surface area contributed by atoms with Gasteiger partial charge in [0.1, 0.15) is 0 Å².